The summed E-state index contributed by atoms with van der Waals surface area (Å²) in [6.45, 7) is 3.93. The van der Waals surface area contributed by atoms with E-state index >= 15 is 0 Å². The smallest absolute Gasteiger partial charge is 0.315 e. The number of thiazole rings is 1. The van der Waals surface area contributed by atoms with Crippen molar-refractivity contribution in [2.75, 3.05) is 38.8 Å². The van der Waals surface area contributed by atoms with Gasteiger partial charge in [-0.2, -0.15) is 0 Å². The maximum Gasteiger partial charge on any atom is 0.315 e. The number of methoxy groups -OCH3 is 1. The van der Waals surface area contributed by atoms with Crippen LogP contribution in [0.2, 0.25) is 0 Å². The molecule has 0 saturated heterocycles. The summed E-state index contributed by atoms with van der Waals surface area (Å²) in [5.41, 5.74) is 0.943. The molecule has 1 aromatic rings. The van der Waals surface area contributed by atoms with Gasteiger partial charge >= 0.3 is 5.97 Å². The second-order valence-electron chi connectivity index (χ2n) is 5.27. The first-order chi connectivity index (χ1) is 10.2. The zero-order valence-electron chi connectivity index (χ0n) is 13.1. The van der Waals surface area contributed by atoms with E-state index in [4.69, 9.17) is 14.5 Å². The van der Waals surface area contributed by atoms with E-state index in [0.717, 1.165) is 49.7 Å². The van der Waals surface area contributed by atoms with Crippen molar-refractivity contribution in [2.24, 2.45) is 0 Å². The van der Waals surface area contributed by atoms with E-state index < -0.39 is 0 Å². The SMILES string of the molecule is CCOC(=O)C1CCCc2sc(N(C)CCCOC)nc21. The highest BCUT2D eigenvalue weighted by molar-refractivity contribution is 7.15. The van der Waals surface area contributed by atoms with Crippen LogP contribution >= 0.6 is 11.3 Å². The van der Waals surface area contributed by atoms with Crippen molar-refractivity contribution in [1.29, 1.82) is 0 Å². The number of hydrogen-bond donors (Lipinski definition) is 0. The molecule has 5 nitrogen and oxygen atoms in total. The van der Waals surface area contributed by atoms with Gasteiger partial charge < -0.3 is 14.4 Å². The molecule has 0 fully saturated rings. The number of rotatable bonds is 7. The van der Waals surface area contributed by atoms with E-state index in [0.29, 0.717) is 6.61 Å². The van der Waals surface area contributed by atoms with Gasteiger partial charge in [0.15, 0.2) is 5.13 Å². The molecule has 0 spiro atoms. The van der Waals surface area contributed by atoms with Gasteiger partial charge in [-0.15, -0.1) is 11.3 Å². The van der Waals surface area contributed by atoms with Crippen LogP contribution in [-0.4, -0.2) is 44.9 Å². The molecule has 2 rings (SSSR count). The normalized spacial score (nSPS) is 17.4. The molecule has 1 unspecified atom stereocenters. The molecule has 0 N–H and O–H groups in total. The predicted molar refractivity (Wildman–Crippen MR) is 84.2 cm³/mol. The number of aryl methyl sites for hydroxylation is 1. The number of ether oxygens (including phenoxy) is 2. The van der Waals surface area contributed by atoms with E-state index in [1.807, 2.05) is 14.0 Å². The van der Waals surface area contributed by atoms with Crippen molar-refractivity contribution in [3.8, 4) is 0 Å². The maximum absolute atomic E-state index is 12.1. The number of hydrogen-bond acceptors (Lipinski definition) is 6. The summed E-state index contributed by atoms with van der Waals surface area (Å²) in [4.78, 5) is 20.2. The summed E-state index contributed by atoms with van der Waals surface area (Å²) in [5.74, 6) is -0.302. The van der Waals surface area contributed by atoms with Crippen LogP contribution in [0, 0.1) is 0 Å². The van der Waals surface area contributed by atoms with E-state index in [9.17, 15) is 4.79 Å². The topological polar surface area (TPSA) is 51.7 Å². The molecular formula is C15H24N2O3S. The van der Waals surface area contributed by atoms with Gasteiger partial charge in [0.1, 0.15) is 5.92 Å². The molecule has 1 aromatic heterocycles. The van der Waals surface area contributed by atoms with Gasteiger partial charge in [-0.05, 0) is 32.6 Å². The Bertz CT molecular complexity index is 475. The maximum atomic E-state index is 12.1. The predicted octanol–water partition coefficient (Wildman–Crippen LogP) is 2.60. The highest BCUT2D eigenvalue weighted by Crippen LogP contribution is 2.38. The highest BCUT2D eigenvalue weighted by atomic mass is 32.1. The van der Waals surface area contributed by atoms with Crippen LogP contribution in [0.5, 0.6) is 0 Å². The molecule has 1 aliphatic carbocycles. The van der Waals surface area contributed by atoms with Crippen LogP contribution in [0.1, 0.15) is 42.7 Å². The number of fused-ring (bicyclic) bond motifs is 1. The Balaban J connectivity index is 2.09. The Morgan fingerprint density at radius 3 is 3.05 bits per heavy atom. The third kappa shape index (κ3) is 3.95. The summed E-state index contributed by atoms with van der Waals surface area (Å²) in [6, 6.07) is 0. The zero-order chi connectivity index (χ0) is 15.2. The molecule has 0 aliphatic heterocycles. The Morgan fingerprint density at radius 1 is 1.52 bits per heavy atom. The minimum Gasteiger partial charge on any atom is -0.465 e. The number of nitrogens with zero attached hydrogens (tertiary/aromatic N) is 2. The molecular weight excluding hydrogens is 288 g/mol. The molecule has 0 amide bonds. The van der Waals surface area contributed by atoms with Crippen LogP contribution in [0.15, 0.2) is 0 Å². The summed E-state index contributed by atoms with van der Waals surface area (Å²) in [5, 5.41) is 0.993. The molecule has 1 heterocycles. The van der Waals surface area contributed by atoms with Gasteiger partial charge in [0.25, 0.3) is 0 Å². The second-order valence-corrected chi connectivity index (χ2v) is 6.33. The average Bonchev–Trinajstić information content (AvgIpc) is 2.91. The fourth-order valence-corrected chi connectivity index (χ4v) is 3.73. The first-order valence-electron chi connectivity index (χ1n) is 7.53. The van der Waals surface area contributed by atoms with Crippen molar-refractivity contribution >= 4 is 22.4 Å². The highest BCUT2D eigenvalue weighted by Gasteiger charge is 2.31. The second kappa shape index (κ2) is 7.75. The van der Waals surface area contributed by atoms with Crippen molar-refractivity contribution in [2.45, 2.75) is 38.5 Å². The lowest BCUT2D eigenvalue weighted by Gasteiger charge is -2.19. The van der Waals surface area contributed by atoms with E-state index in [2.05, 4.69) is 4.90 Å². The van der Waals surface area contributed by atoms with Crippen molar-refractivity contribution in [1.82, 2.24) is 4.98 Å². The standard InChI is InChI=1S/C15H24N2O3S/c1-4-20-14(18)11-7-5-8-12-13(11)16-15(21-12)17(2)9-6-10-19-3/h11H,4-10H2,1-3H3. The van der Waals surface area contributed by atoms with Gasteiger partial charge in [0, 0.05) is 32.2 Å². The molecule has 1 atom stereocenters. The van der Waals surface area contributed by atoms with Gasteiger partial charge in [0.05, 0.1) is 12.3 Å². The number of carbonyl (C=O) groups excluding carboxylic acids is 1. The van der Waals surface area contributed by atoms with Crippen LogP contribution in [0.25, 0.3) is 0 Å². The molecule has 21 heavy (non-hydrogen) atoms. The fourth-order valence-electron chi connectivity index (χ4n) is 2.58. The van der Waals surface area contributed by atoms with Crippen molar-refractivity contribution < 1.29 is 14.3 Å². The number of carbonyl (C=O) groups is 1. The minimum absolute atomic E-state index is 0.127. The van der Waals surface area contributed by atoms with Gasteiger partial charge in [-0.25, -0.2) is 4.98 Å². The summed E-state index contributed by atoms with van der Waals surface area (Å²) < 4.78 is 10.3. The molecule has 1 aliphatic rings. The third-order valence-electron chi connectivity index (χ3n) is 3.68. The monoisotopic (exact) mass is 312 g/mol. The Hall–Kier alpha value is -1.14. The molecule has 0 aromatic carbocycles. The minimum atomic E-state index is -0.175. The summed E-state index contributed by atoms with van der Waals surface area (Å²) in [7, 11) is 3.76. The van der Waals surface area contributed by atoms with Crippen LogP contribution in [-0.2, 0) is 20.7 Å². The lowest BCUT2D eigenvalue weighted by atomic mass is 9.91. The molecule has 118 valence electrons. The zero-order valence-corrected chi connectivity index (χ0v) is 13.9. The van der Waals surface area contributed by atoms with Crippen LogP contribution < -0.4 is 4.90 Å². The quantitative estimate of drug-likeness (QED) is 0.572. The lowest BCUT2D eigenvalue weighted by Crippen LogP contribution is -2.21. The number of esters is 1. The first-order valence-corrected chi connectivity index (χ1v) is 8.35. The van der Waals surface area contributed by atoms with Crippen molar-refractivity contribution in [3.63, 3.8) is 0 Å². The Kier molecular flexibility index (Phi) is 5.99. The first kappa shape index (κ1) is 16.2. The lowest BCUT2D eigenvalue weighted by molar-refractivity contribution is -0.145. The van der Waals surface area contributed by atoms with Gasteiger partial charge in [-0.3, -0.25) is 4.79 Å². The fraction of sp³-hybridized carbons (Fsp3) is 0.733. The number of anilines is 1. The largest absolute Gasteiger partial charge is 0.465 e. The van der Waals surface area contributed by atoms with Gasteiger partial charge in [0.2, 0.25) is 0 Å². The molecule has 0 bridgehead atoms. The summed E-state index contributed by atoms with van der Waals surface area (Å²) in [6.07, 6.45) is 3.88. The third-order valence-corrected chi connectivity index (χ3v) is 4.93. The average molecular weight is 312 g/mol. The Labute approximate surface area is 130 Å². The van der Waals surface area contributed by atoms with Crippen LogP contribution in [0.3, 0.4) is 0 Å². The van der Waals surface area contributed by atoms with E-state index in [1.54, 1.807) is 18.4 Å². The number of aromatic nitrogens is 1. The Morgan fingerprint density at radius 2 is 2.33 bits per heavy atom. The molecule has 6 heteroatoms. The molecule has 0 saturated carbocycles. The van der Waals surface area contributed by atoms with Crippen molar-refractivity contribution in [3.05, 3.63) is 10.6 Å². The van der Waals surface area contributed by atoms with E-state index in [-0.39, 0.29) is 11.9 Å². The summed E-state index contributed by atoms with van der Waals surface area (Å²) >= 11 is 1.71. The van der Waals surface area contributed by atoms with E-state index in [1.165, 1.54) is 4.88 Å². The van der Waals surface area contributed by atoms with Crippen LogP contribution in [0.4, 0.5) is 5.13 Å². The molecule has 0 radical (unpaired) electrons. The van der Waals surface area contributed by atoms with Gasteiger partial charge in [-0.1, -0.05) is 0 Å².